The van der Waals surface area contributed by atoms with E-state index in [4.69, 9.17) is 0 Å². The van der Waals surface area contributed by atoms with Crippen LogP contribution in [0.2, 0.25) is 0 Å². The fraction of sp³-hybridized carbons (Fsp3) is 0.765. The molecule has 1 spiro atoms. The standard InChI is InChI=1S/C17H28N4O4/c1-11(2)7-9-18-15(24)19-13(22)10-21-14(23)17(20-16(21)25)8-5-4-6-12(17)3/h11-12H,4-10H2,1-3H3,(H,20,25)(H2,18,19,22,24)/t12-,17+/m1/s1. The first-order valence-electron chi connectivity index (χ1n) is 8.98. The molecule has 0 aromatic heterocycles. The second-order valence-electron chi connectivity index (χ2n) is 7.43. The van der Waals surface area contributed by atoms with Crippen LogP contribution in [0, 0.1) is 11.8 Å². The average Bonchev–Trinajstić information content (AvgIpc) is 2.75. The number of nitrogens with zero attached hydrogens (tertiary/aromatic N) is 1. The van der Waals surface area contributed by atoms with Crippen molar-refractivity contribution in [3.63, 3.8) is 0 Å². The van der Waals surface area contributed by atoms with Crippen molar-refractivity contribution in [1.29, 1.82) is 0 Å². The Morgan fingerprint density at radius 3 is 2.68 bits per heavy atom. The molecule has 1 saturated heterocycles. The molecule has 0 radical (unpaired) electrons. The van der Waals surface area contributed by atoms with E-state index in [1.165, 1.54) is 0 Å². The van der Waals surface area contributed by atoms with Gasteiger partial charge in [-0.2, -0.15) is 0 Å². The lowest BCUT2D eigenvalue weighted by Crippen LogP contribution is -2.54. The maximum atomic E-state index is 12.7. The lowest BCUT2D eigenvalue weighted by atomic mass is 9.73. The van der Waals surface area contributed by atoms with Crippen molar-refractivity contribution in [2.24, 2.45) is 11.8 Å². The lowest BCUT2D eigenvalue weighted by Gasteiger charge is -2.36. The Labute approximate surface area is 148 Å². The van der Waals surface area contributed by atoms with E-state index >= 15 is 0 Å². The largest absolute Gasteiger partial charge is 0.338 e. The Morgan fingerprint density at radius 1 is 1.32 bits per heavy atom. The van der Waals surface area contributed by atoms with E-state index < -0.39 is 30.1 Å². The van der Waals surface area contributed by atoms with Crippen molar-refractivity contribution >= 4 is 23.9 Å². The molecule has 0 unspecified atom stereocenters. The summed E-state index contributed by atoms with van der Waals surface area (Å²) in [6, 6.07) is -1.17. The molecule has 140 valence electrons. The Hall–Kier alpha value is -2.12. The van der Waals surface area contributed by atoms with Gasteiger partial charge in [-0.1, -0.05) is 33.6 Å². The molecule has 6 amide bonds. The summed E-state index contributed by atoms with van der Waals surface area (Å²) in [5, 5.41) is 7.52. The number of imide groups is 2. The van der Waals surface area contributed by atoms with Gasteiger partial charge in [0.2, 0.25) is 5.91 Å². The van der Waals surface area contributed by atoms with Gasteiger partial charge in [0, 0.05) is 6.54 Å². The van der Waals surface area contributed by atoms with E-state index in [9.17, 15) is 19.2 Å². The van der Waals surface area contributed by atoms with Gasteiger partial charge in [0.25, 0.3) is 5.91 Å². The van der Waals surface area contributed by atoms with Gasteiger partial charge < -0.3 is 10.6 Å². The minimum Gasteiger partial charge on any atom is -0.338 e. The topological polar surface area (TPSA) is 108 Å². The number of urea groups is 2. The number of carbonyl (C=O) groups excluding carboxylic acids is 4. The number of hydrogen-bond donors (Lipinski definition) is 3. The molecular formula is C17H28N4O4. The number of carbonyl (C=O) groups is 4. The molecule has 2 fully saturated rings. The molecule has 1 aliphatic carbocycles. The fourth-order valence-corrected chi connectivity index (χ4v) is 3.47. The predicted molar refractivity (Wildman–Crippen MR) is 91.6 cm³/mol. The van der Waals surface area contributed by atoms with Crippen molar-refractivity contribution < 1.29 is 19.2 Å². The first kappa shape index (κ1) is 19.2. The quantitative estimate of drug-likeness (QED) is 0.649. The second kappa shape index (κ2) is 7.84. The van der Waals surface area contributed by atoms with Crippen LogP contribution in [0.4, 0.5) is 9.59 Å². The number of amides is 6. The smallest absolute Gasteiger partial charge is 0.325 e. The summed E-state index contributed by atoms with van der Waals surface area (Å²) >= 11 is 0. The zero-order chi connectivity index (χ0) is 18.6. The molecule has 0 bridgehead atoms. The minimum absolute atomic E-state index is 0.0325. The maximum Gasteiger partial charge on any atom is 0.325 e. The van der Waals surface area contributed by atoms with Gasteiger partial charge in [0.05, 0.1) is 0 Å². The zero-order valence-corrected chi connectivity index (χ0v) is 15.2. The van der Waals surface area contributed by atoms with Crippen LogP contribution in [0.1, 0.15) is 52.9 Å². The molecule has 25 heavy (non-hydrogen) atoms. The molecule has 0 aromatic carbocycles. The molecule has 3 N–H and O–H groups in total. The molecular weight excluding hydrogens is 324 g/mol. The first-order valence-corrected chi connectivity index (χ1v) is 8.98. The highest BCUT2D eigenvalue weighted by Gasteiger charge is 2.55. The molecule has 8 nitrogen and oxygen atoms in total. The van der Waals surface area contributed by atoms with E-state index in [1.54, 1.807) is 0 Å². The summed E-state index contributed by atoms with van der Waals surface area (Å²) in [7, 11) is 0. The predicted octanol–water partition coefficient (Wildman–Crippen LogP) is 1.36. The van der Waals surface area contributed by atoms with Gasteiger partial charge in [0.1, 0.15) is 12.1 Å². The van der Waals surface area contributed by atoms with E-state index in [0.29, 0.717) is 18.9 Å². The van der Waals surface area contributed by atoms with E-state index in [0.717, 1.165) is 30.6 Å². The van der Waals surface area contributed by atoms with Gasteiger partial charge in [-0.15, -0.1) is 0 Å². The third kappa shape index (κ3) is 4.29. The summed E-state index contributed by atoms with van der Waals surface area (Å²) < 4.78 is 0. The molecule has 2 aliphatic rings. The molecule has 1 aliphatic heterocycles. The summed E-state index contributed by atoms with van der Waals surface area (Å²) in [6.07, 6.45) is 4.16. The molecule has 8 heteroatoms. The normalized spacial score (nSPS) is 26.1. The van der Waals surface area contributed by atoms with Crippen molar-refractivity contribution in [3.8, 4) is 0 Å². The lowest BCUT2D eigenvalue weighted by molar-refractivity contribution is -0.137. The van der Waals surface area contributed by atoms with Crippen LogP contribution in [0.5, 0.6) is 0 Å². The summed E-state index contributed by atoms with van der Waals surface area (Å²) in [6.45, 7) is 6.02. The van der Waals surface area contributed by atoms with Crippen LogP contribution in [0.3, 0.4) is 0 Å². The van der Waals surface area contributed by atoms with E-state index in [2.05, 4.69) is 16.0 Å². The Kier molecular flexibility index (Phi) is 6.02. The highest BCUT2D eigenvalue weighted by atomic mass is 16.2. The molecule has 1 heterocycles. The summed E-state index contributed by atoms with van der Waals surface area (Å²) in [5.74, 6) is -0.563. The van der Waals surface area contributed by atoms with E-state index in [1.807, 2.05) is 20.8 Å². The van der Waals surface area contributed by atoms with Gasteiger partial charge in [-0.3, -0.25) is 19.8 Å². The second-order valence-corrected chi connectivity index (χ2v) is 7.43. The maximum absolute atomic E-state index is 12.7. The SMILES string of the molecule is CC(C)CCNC(=O)NC(=O)CN1C(=O)N[C@]2(CCCC[C@H]2C)C1=O. The molecule has 2 rings (SSSR count). The van der Waals surface area contributed by atoms with Gasteiger partial charge >= 0.3 is 12.1 Å². The third-order valence-corrected chi connectivity index (χ3v) is 5.06. The van der Waals surface area contributed by atoms with Crippen LogP contribution in [-0.2, 0) is 9.59 Å². The van der Waals surface area contributed by atoms with Crippen molar-refractivity contribution in [1.82, 2.24) is 20.9 Å². The van der Waals surface area contributed by atoms with Crippen LogP contribution < -0.4 is 16.0 Å². The van der Waals surface area contributed by atoms with Crippen LogP contribution in [0.15, 0.2) is 0 Å². The first-order chi connectivity index (χ1) is 11.8. The van der Waals surface area contributed by atoms with Gasteiger partial charge in [0.15, 0.2) is 0 Å². The van der Waals surface area contributed by atoms with E-state index in [-0.39, 0.29) is 11.8 Å². The van der Waals surface area contributed by atoms with Crippen LogP contribution >= 0.6 is 0 Å². The Balaban J connectivity index is 1.89. The number of rotatable bonds is 5. The summed E-state index contributed by atoms with van der Waals surface area (Å²) in [4.78, 5) is 49.5. The molecule has 1 saturated carbocycles. The zero-order valence-electron chi connectivity index (χ0n) is 15.2. The Morgan fingerprint density at radius 2 is 2.04 bits per heavy atom. The van der Waals surface area contributed by atoms with Gasteiger partial charge in [-0.25, -0.2) is 9.59 Å². The monoisotopic (exact) mass is 352 g/mol. The van der Waals surface area contributed by atoms with Crippen LogP contribution in [-0.4, -0.2) is 47.4 Å². The van der Waals surface area contributed by atoms with Gasteiger partial charge in [-0.05, 0) is 31.1 Å². The van der Waals surface area contributed by atoms with Crippen molar-refractivity contribution in [3.05, 3.63) is 0 Å². The fourth-order valence-electron chi connectivity index (χ4n) is 3.47. The summed E-state index contributed by atoms with van der Waals surface area (Å²) in [5.41, 5.74) is -0.894. The molecule has 0 aromatic rings. The van der Waals surface area contributed by atoms with Crippen LogP contribution in [0.25, 0.3) is 0 Å². The highest BCUT2D eigenvalue weighted by molar-refractivity contribution is 6.10. The number of nitrogens with one attached hydrogen (secondary N) is 3. The molecule has 2 atom stereocenters. The Bertz CT molecular complexity index is 563. The van der Waals surface area contributed by atoms with Crippen molar-refractivity contribution in [2.75, 3.05) is 13.1 Å². The third-order valence-electron chi connectivity index (χ3n) is 5.06. The number of hydrogen-bond acceptors (Lipinski definition) is 4. The minimum atomic E-state index is -0.894. The average molecular weight is 352 g/mol. The highest BCUT2D eigenvalue weighted by Crippen LogP contribution is 2.38. The van der Waals surface area contributed by atoms with Crippen molar-refractivity contribution in [2.45, 2.75) is 58.4 Å².